The third-order valence-corrected chi connectivity index (χ3v) is 3.74. The molecule has 2 aromatic carbocycles. The van der Waals surface area contributed by atoms with Gasteiger partial charge in [-0.3, -0.25) is 10.2 Å². The topological polar surface area (TPSA) is 79.0 Å². The highest BCUT2D eigenvalue weighted by atomic mass is 19.1. The predicted octanol–water partition coefficient (Wildman–Crippen LogP) is 3.31. The molecule has 118 valence electrons. The number of hydrogen-bond acceptors (Lipinski definition) is 3. The number of hydrogen-bond donors (Lipinski definition) is 3. The van der Waals surface area contributed by atoms with Crippen LogP contribution in [0.5, 0.6) is 0 Å². The van der Waals surface area contributed by atoms with Gasteiger partial charge in [0.1, 0.15) is 5.82 Å². The monoisotopic (exact) mass is 315 g/mol. The number of halogens is 2. The number of carbonyl (C=O) groups is 1. The van der Waals surface area contributed by atoms with Crippen molar-refractivity contribution in [1.82, 2.24) is 0 Å². The number of nitrogens with two attached hydrogens (primary N) is 1. The van der Waals surface area contributed by atoms with Crippen molar-refractivity contribution >= 4 is 23.0 Å². The van der Waals surface area contributed by atoms with Crippen LogP contribution in [-0.4, -0.2) is 11.6 Å². The third-order valence-electron chi connectivity index (χ3n) is 3.74. The van der Waals surface area contributed by atoms with Crippen molar-refractivity contribution in [3.63, 3.8) is 0 Å². The minimum absolute atomic E-state index is 0.0211. The van der Waals surface area contributed by atoms with Crippen LogP contribution in [0.25, 0.3) is 0 Å². The molecule has 3 rings (SSSR count). The summed E-state index contributed by atoms with van der Waals surface area (Å²) in [5, 5.41) is 10.6. The number of rotatable bonds is 4. The first kappa shape index (κ1) is 15.1. The quantitative estimate of drug-likeness (QED) is 0.598. The van der Waals surface area contributed by atoms with Crippen LogP contribution in [0.15, 0.2) is 36.4 Å². The van der Waals surface area contributed by atoms with Crippen LogP contribution in [0.2, 0.25) is 0 Å². The summed E-state index contributed by atoms with van der Waals surface area (Å²) in [5.74, 6) is -1.62. The van der Waals surface area contributed by atoms with Crippen molar-refractivity contribution in [2.45, 2.75) is 12.8 Å². The summed E-state index contributed by atoms with van der Waals surface area (Å²) in [6.45, 7) is 0. The molecular formula is C17H15F2N3O. The molecule has 23 heavy (non-hydrogen) atoms. The fraction of sp³-hybridized carbons (Fsp3) is 0.176. The first-order chi connectivity index (χ1) is 11.0. The lowest BCUT2D eigenvalue weighted by Crippen LogP contribution is -2.17. The van der Waals surface area contributed by atoms with E-state index in [1.165, 1.54) is 30.3 Å². The molecule has 4 N–H and O–H groups in total. The van der Waals surface area contributed by atoms with Gasteiger partial charge in [-0.2, -0.15) is 0 Å². The summed E-state index contributed by atoms with van der Waals surface area (Å²) in [4.78, 5) is 11.8. The molecular weight excluding hydrogens is 300 g/mol. The summed E-state index contributed by atoms with van der Waals surface area (Å²) >= 11 is 0. The van der Waals surface area contributed by atoms with Gasteiger partial charge >= 0.3 is 0 Å². The lowest BCUT2D eigenvalue weighted by atomic mass is 9.99. The Hall–Kier alpha value is -2.76. The summed E-state index contributed by atoms with van der Waals surface area (Å²) < 4.78 is 28.0. The number of carbonyl (C=O) groups excluding carboxylic acids is 1. The molecule has 0 spiro atoms. The SMILES string of the molecule is N=C(c1cccc(F)c1)c1c(N)ccc(NC(=O)C2CC2)c1F. The Morgan fingerprint density at radius 3 is 2.61 bits per heavy atom. The Kier molecular flexibility index (Phi) is 3.82. The standard InChI is InChI=1S/C17H15F2N3O/c18-11-3-1-2-10(8-11)16(21)14-12(20)6-7-13(15(14)19)22-17(23)9-4-5-9/h1-3,6-9,21H,4-5,20H2,(H,22,23). The fourth-order valence-electron chi connectivity index (χ4n) is 2.31. The molecule has 1 saturated carbocycles. The fourth-order valence-corrected chi connectivity index (χ4v) is 2.31. The molecule has 0 unspecified atom stereocenters. The van der Waals surface area contributed by atoms with Crippen molar-refractivity contribution in [1.29, 1.82) is 5.41 Å². The lowest BCUT2D eigenvalue weighted by molar-refractivity contribution is -0.117. The Morgan fingerprint density at radius 2 is 1.96 bits per heavy atom. The van der Waals surface area contributed by atoms with Gasteiger partial charge in [0.25, 0.3) is 0 Å². The molecule has 1 fully saturated rings. The minimum atomic E-state index is -0.784. The number of benzene rings is 2. The van der Waals surface area contributed by atoms with Gasteiger partial charge in [0.2, 0.25) is 5.91 Å². The molecule has 2 aromatic rings. The molecule has 6 heteroatoms. The van der Waals surface area contributed by atoms with E-state index < -0.39 is 11.6 Å². The molecule has 0 radical (unpaired) electrons. The van der Waals surface area contributed by atoms with Gasteiger partial charge in [0.15, 0.2) is 5.82 Å². The first-order valence-electron chi connectivity index (χ1n) is 7.21. The molecule has 1 aliphatic carbocycles. The largest absolute Gasteiger partial charge is 0.398 e. The highest BCUT2D eigenvalue weighted by Gasteiger charge is 2.30. The second kappa shape index (κ2) is 5.79. The second-order valence-electron chi connectivity index (χ2n) is 5.54. The molecule has 0 aliphatic heterocycles. The van der Waals surface area contributed by atoms with Crippen LogP contribution < -0.4 is 11.1 Å². The van der Waals surface area contributed by atoms with Crippen molar-refractivity contribution in [3.8, 4) is 0 Å². The highest BCUT2D eigenvalue weighted by Crippen LogP contribution is 2.32. The summed E-state index contributed by atoms with van der Waals surface area (Å²) in [6, 6.07) is 8.10. The van der Waals surface area contributed by atoms with Gasteiger partial charge in [-0.1, -0.05) is 12.1 Å². The Bertz CT molecular complexity index is 800. The zero-order chi connectivity index (χ0) is 16.6. The van der Waals surface area contributed by atoms with Gasteiger partial charge in [0.05, 0.1) is 17.0 Å². The Balaban J connectivity index is 1.97. The van der Waals surface area contributed by atoms with Crippen molar-refractivity contribution in [2.75, 3.05) is 11.1 Å². The zero-order valence-corrected chi connectivity index (χ0v) is 12.2. The van der Waals surface area contributed by atoms with E-state index in [0.717, 1.165) is 18.9 Å². The molecule has 1 amide bonds. The predicted molar refractivity (Wildman–Crippen MR) is 84.5 cm³/mol. The van der Waals surface area contributed by atoms with Gasteiger partial charge in [-0.15, -0.1) is 0 Å². The molecule has 0 atom stereocenters. The number of anilines is 2. The van der Waals surface area contributed by atoms with Crippen LogP contribution in [0.3, 0.4) is 0 Å². The molecule has 1 aliphatic rings. The maximum atomic E-state index is 14.7. The minimum Gasteiger partial charge on any atom is -0.398 e. The number of nitrogens with one attached hydrogen (secondary N) is 2. The third kappa shape index (κ3) is 3.06. The normalized spacial score (nSPS) is 13.7. The molecule has 0 saturated heterocycles. The number of nitrogen functional groups attached to an aromatic ring is 1. The highest BCUT2D eigenvalue weighted by molar-refractivity contribution is 6.14. The van der Waals surface area contributed by atoms with E-state index in [0.29, 0.717) is 0 Å². The van der Waals surface area contributed by atoms with Crippen LogP contribution >= 0.6 is 0 Å². The molecule has 0 aromatic heterocycles. The Morgan fingerprint density at radius 1 is 1.22 bits per heavy atom. The van der Waals surface area contributed by atoms with E-state index in [4.69, 9.17) is 11.1 Å². The van der Waals surface area contributed by atoms with E-state index in [9.17, 15) is 13.6 Å². The number of amides is 1. The van der Waals surface area contributed by atoms with Gasteiger partial charge in [-0.25, -0.2) is 8.78 Å². The summed E-state index contributed by atoms with van der Waals surface area (Å²) in [7, 11) is 0. The zero-order valence-electron chi connectivity index (χ0n) is 12.2. The Labute approximate surface area is 131 Å². The van der Waals surface area contributed by atoms with Crippen molar-refractivity contribution in [2.24, 2.45) is 5.92 Å². The van der Waals surface area contributed by atoms with Gasteiger partial charge in [-0.05, 0) is 37.1 Å². The summed E-state index contributed by atoms with van der Waals surface area (Å²) in [6.07, 6.45) is 1.60. The summed E-state index contributed by atoms with van der Waals surface area (Å²) in [5.41, 5.74) is 5.64. The van der Waals surface area contributed by atoms with Crippen molar-refractivity contribution < 1.29 is 13.6 Å². The smallest absolute Gasteiger partial charge is 0.227 e. The van der Waals surface area contributed by atoms with Crippen LogP contribution in [-0.2, 0) is 4.79 Å². The molecule has 4 nitrogen and oxygen atoms in total. The molecule has 0 bridgehead atoms. The van der Waals surface area contributed by atoms with Crippen LogP contribution in [0, 0.1) is 23.0 Å². The van der Waals surface area contributed by atoms with Gasteiger partial charge < -0.3 is 11.1 Å². The van der Waals surface area contributed by atoms with E-state index in [-0.39, 0.29) is 40.0 Å². The van der Waals surface area contributed by atoms with Crippen LogP contribution in [0.4, 0.5) is 20.2 Å². The second-order valence-corrected chi connectivity index (χ2v) is 5.54. The van der Waals surface area contributed by atoms with Crippen molar-refractivity contribution in [3.05, 3.63) is 59.2 Å². The lowest BCUT2D eigenvalue weighted by Gasteiger charge is -2.13. The van der Waals surface area contributed by atoms with Gasteiger partial charge in [0, 0.05) is 17.2 Å². The van der Waals surface area contributed by atoms with E-state index in [1.807, 2.05) is 0 Å². The average Bonchev–Trinajstić information content (AvgIpc) is 3.35. The maximum absolute atomic E-state index is 14.7. The average molecular weight is 315 g/mol. The van der Waals surface area contributed by atoms with E-state index in [2.05, 4.69) is 5.32 Å². The van der Waals surface area contributed by atoms with Crippen LogP contribution in [0.1, 0.15) is 24.0 Å². The van der Waals surface area contributed by atoms with E-state index >= 15 is 0 Å². The molecule has 0 heterocycles. The maximum Gasteiger partial charge on any atom is 0.227 e. The first-order valence-corrected chi connectivity index (χ1v) is 7.21. The van der Waals surface area contributed by atoms with E-state index in [1.54, 1.807) is 0 Å².